The van der Waals surface area contributed by atoms with Gasteiger partial charge in [-0.15, -0.1) is 0 Å². The summed E-state index contributed by atoms with van der Waals surface area (Å²) < 4.78 is 7.35. The molecule has 1 amide bonds. The van der Waals surface area contributed by atoms with Gasteiger partial charge in [0.25, 0.3) is 0 Å². The standard InChI is InChI=1S/C16H20N2O4/c1-22-13-5-2-4-12-7-10-18(16(12)13)11-8-14(19)17-9-3-6-15(20)21/h2,4-5,7,10H,3,6,8-9,11H2,1H3,(H,17,19)(H,20,21). The van der Waals surface area contributed by atoms with Crippen molar-refractivity contribution < 1.29 is 19.4 Å². The quantitative estimate of drug-likeness (QED) is 0.731. The maximum atomic E-state index is 11.8. The molecule has 0 aliphatic carbocycles. The molecule has 6 nitrogen and oxygen atoms in total. The van der Waals surface area contributed by atoms with Gasteiger partial charge in [-0.25, -0.2) is 0 Å². The van der Waals surface area contributed by atoms with Gasteiger partial charge in [-0.05, 0) is 18.6 Å². The van der Waals surface area contributed by atoms with Gasteiger partial charge in [-0.3, -0.25) is 9.59 Å². The number of aliphatic carboxylic acids is 1. The van der Waals surface area contributed by atoms with Crippen LogP contribution in [0.3, 0.4) is 0 Å². The van der Waals surface area contributed by atoms with Crippen LogP contribution >= 0.6 is 0 Å². The number of carboxylic acid groups (broad SMARTS) is 1. The molecule has 0 unspecified atom stereocenters. The number of hydrogen-bond acceptors (Lipinski definition) is 3. The fraction of sp³-hybridized carbons (Fsp3) is 0.375. The second-order valence-corrected chi connectivity index (χ2v) is 5.00. The average molecular weight is 304 g/mol. The van der Waals surface area contributed by atoms with Gasteiger partial charge in [0.15, 0.2) is 0 Å². The summed E-state index contributed by atoms with van der Waals surface area (Å²) >= 11 is 0. The first-order valence-electron chi connectivity index (χ1n) is 7.22. The Kier molecular flexibility index (Phi) is 5.41. The highest BCUT2D eigenvalue weighted by molar-refractivity contribution is 5.86. The Bertz CT molecular complexity index is 663. The van der Waals surface area contributed by atoms with Crippen LogP contribution in [0.2, 0.25) is 0 Å². The van der Waals surface area contributed by atoms with Gasteiger partial charge in [-0.1, -0.05) is 12.1 Å². The molecular formula is C16H20N2O4. The fourth-order valence-corrected chi connectivity index (χ4v) is 2.35. The Labute approximate surface area is 128 Å². The summed E-state index contributed by atoms with van der Waals surface area (Å²) in [5.41, 5.74) is 0.976. The van der Waals surface area contributed by atoms with Crippen LogP contribution in [0, 0.1) is 0 Å². The van der Waals surface area contributed by atoms with Gasteiger partial charge in [0, 0.05) is 37.5 Å². The number of methoxy groups -OCH3 is 1. The Balaban J connectivity index is 1.89. The minimum atomic E-state index is -0.847. The van der Waals surface area contributed by atoms with Crippen molar-refractivity contribution in [2.24, 2.45) is 0 Å². The second kappa shape index (κ2) is 7.49. The number of amides is 1. The minimum Gasteiger partial charge on any atom is -0.495 e. The van der Waals surface area contributed by atoms with Crippen molar-refractivity contribution >= 4 is 22.8 Å². The van der Waals surface area contributed by atoms with E-state index in [0.29, 0.717) is 25.9 Å². The number of fused-ring (bicyclic) bond motifs is 1. The van der Waals surface area contributed by atoms with Crippen LogP contribution in [-0.4, -0.2) is 35.2 Å². The third-order valence-electron chi connectivity index (χ3n) is 3.44. The van der Waals surface area contributed by atoms with Gasteiger partial charge in [-0.2, -0.15) is 0 Å². The number of benzene rings is 1. The van der Waals surface area contributed by atoms with Crippen molar-refractivity contribution in [1.29, 1.82) is 0 Å². The Hall–Kier alpha value is -2.50. The van der Waals surface area contributed by atoms with E-state index in [2.05, 4.69) is 5.32 Å². The molecule has 0 atom stereocenters. The Morgan fingerprint density at radius 3 is 2.82 bits per heavy atom. The maximum Gasteiger partial charge on any atom is 0.303 e. The van der Waals surface area contributed by atoms with Gasteiger partial charge in [0.1, 0.15) is 5.75 Å². The normalized spacial score (nSPS) is 10.6. The molecule has 0 fully saturated rings. The summed E-state index contributed by atoms with van der Waals surface area (Å²) in [6.45, 7) is 0.940. The van der Waals surface area contributed by atoms with E-state index in [9.17, 15) is 9.59 Å². The molecule has 22 heavy (non-hydrogen) atoms. The lowest BCUT2D eigenvalue weighted by Crippen LogP contribution is -2.25. The summed E-state index contributed by atoms with van der Waals surface area (Å²) in [6, 6.07) is 7.81. The maximum absolute atomic E-state index is 11.8. The summed E-state index contributed by atoms with van der Waals surface area (Å²) in [6.07, 6.45) is 2.79. The predicted octanol–water partition coefficient (Wildman–Crippen LogP) is 2.02. The van der Waals surface area contributed by atoms with Crippen molar-refractivity contribution in [3.63, 3.8) is 0 Å². The smallest absolute Gasteiger partial charge is 0.303 e. The molecule has 2 N–H and O–H groups in total. The number of aryl methyl sites for hydroxylation is 1. The monoisotopic (exact) mass is 304 g/mol. The molecule has 2 aromatic rings. The first-order chi connectivity index (χ1) is 10.6. The summed E-state index contributed by atoms with van der Waals surface area (Å²) in [5.74, 6) is -0.147. The first-order valence-corrected chi connectivity index (χ1v) is 7.22. The second-order valence-electron chi connectivity index (χ2n) is 5.00. The lowest BCUT2D eigenvalue weighted by atomic mass is 10.2. The fourth-order valence-electron chi connectivity index (χ4n) is 2.35. The number of hydrogen-bond donors (Lipinski definition) is 2. The third kappa shape index (κ3) is 4.00. The predicted molar refractivity (Wildman–Crippen MR) is 83.0 cm³/mol. The minimum absolute atomic E-state index is 0.0692. The molecule has 0 bridgehead atoms. The topological polar surface area (TPSA) is 80.6 Å². The molecule has 0 saturated heterocycles. The van der Waals surface area contributed by atoms with E-state index in [1.54, 1.807) is 7.11 Å². The lowest BCUT2D eigenvalue weighted by molar-refractivity contribution is -0.137. The molecule has 118 valence electrons. The molecule has 6 heteroatoms. The Morgan fingerprint density at radius 1 is 1.27 bits per heavy atom. The van der Waals surface area contributed by atoms with Crippen LogP contribution in [0.15, 0.2) is 30.5 Å². The van der Waals surface area contributed by atoms with Gasteiger partial charge in [0.2, 0.25) is 5.91 Å². The number of carbonyl (C=O) groups excluding carboxylic acids is 1. The average Bonchev–Trinajstić information content (AvgIpc) is 2.92. The number of carboxylic acids is 1. The van der Waals surface area contributed by atoms with Crippen molar-refractivity contribution in [3.05, 3.63) is 30.5 Å². The molecule has 0 spiro atoms. The van der Waals surface area contributed by atoms with E-state index in [1.165, 1.54) is 0 Å². The largest absolute Gasteiger partial charge is 0.495 e. The third-order valence-corrected chi connectivity index (χ3v) is 3.44. The number of carbonyl (C=O) groups is 2. The van der Waals surface area contributed by atoms with Crippen LogP contribution in [0.25, 0.3) is 10.9 Å². The zero-order valence-corrected chi connectivity index (χ0v) is 12.5. The molecule has 0 radical (unpaired) electrons. The number of aromatic nitrogens is 1. The molecule has 1 aromatic carbocycles. The van der Waals surface area contributed by atoms with Gasteiger partial charge >= 0.3 is 5.97 Å². The Morgan fingerprint density at radius 2 is 2.09 bits per heavy atom. The van der Waals surface area contributed by atoms with Crippen molar-refractivity contribution in [2.75, 3.05) is 13.7 Å². The van der Waals surface area contributed by atoms with E-state index in [0.717, 1.165) is 16.7 Å². The molecule has 0 aliphatic rings. The summed E-state index contributed by atoms with van der Waals surface area (Å²) in [4.78, 5) is 22.2. The zero-order valence-electron chi connectivity index (χ0n) is 12.5. The molecule has 2 rings (SSSR count). The zero-order chi connectivity index (χ0) is 15.9. The van der Waals surface area contributed by atoms with Crippen molar-refractivity contribution in [2.45, 2.75) is 25.8 Å². The number of rotatable bonds is 8. The molecule has 0 saturated carbocycles. The van der Waals surface area contributed by atoms with E-state index in [-0.39, 0.29) is 12.3 Å². The van der Waals surface area contributed by atoms with Crippen molar-refractivity contribution in [1.82, 2.24) is 9.88 Å². The SMILES string of the molecule is COc1cccc2ccn(CCC(=O)NCCCC(=O)O)c12. The van der Waals surface area contributed by atoms with E-state index >= 15 is 0 Å². The van der Waals surface area contributed by atoms with Crippen LogP contribution in [-0.2, 0) is 16.1 Å². The van der Waals surface area contributed by atoms with E-state index in [4.69, 9.17) is 9.84 Å². The molecule has 1 aromatic heterocycles. The van der Waals surface area contributed by atoms with Crippen molar-refractivity contribution in [3.8, 4) is 5.75 Å². The van der Waals surface area contributed by atoms with Crippen LogP contribution in [0.5, 0.6) is 5.75 Å². The number of nitrogens with zero attached hydrogens (tertiary/aromatic N) is 1. The van der Waals surface area contributed by atoms with E-state index in [1.807, 2.05) is 35.0 Å². The highest BCUT2D eigenvalue weighted by Crippen LogP contribution is 2.26. The first kappa shape index (κ1) is 15.9. The molecule has 1 heterocycles. The number of para-hydroxylation sites is 1. The lowest BCUT2D eigenvalue weighted by Gasteiger charge is -2.09. The van der Waals surface area contributed by atoms with Gasteiger partial charge in [0.05, 0.1) is 12.6 Å². The highest BCUT2D eigenvalue weighted by Gasteiger charge is 2.08. The summed E-state index contributed by atoms with van der Waals surface area (Å²) in [5, 5.41) is 12.3. The summed E-state index contributed by atoms with van der Waals surface area (Å²) in [7, 11) is 1.63. The number of nitrogens with one attached hydrogen (secondary N) is 1. The van der Waals surface area contributed by atoms with E-state index < -0.39 is 5.97 Å². The van der Waals surface area contributed by atoms with Crippen LogP contribution in [0.1, 0.15) is 19.3 Å². The van der Waals surface area contributed by atoms with Crippen LogP contribution < -0.4 is 10.1 Å². The number of ether oxygens (including phenoxy) is 1. The van der Waals surface area contributed by atoms with Gasteiger partial charge < -0.3 is 19.7 Å². The molecule has 0 aliphatic heterocycles. The molecular weight excluding hydrogens is 284 g/mol. The van der Waals surface area contributed by atoms with Crippen LogP contribution in [0.4, 0.5) is 0 Å². The highest BCUT2D eigenvalue weighted by atomic mass is 16.5.